The molecule has 1 aliphatic heterocycles. The van der Waals surface area contributed by atoms with Gasteiger partial charge in [0.25, 0.3) is 5.56 Å². The first kappa shape index (κ1) is 28.2. The molecule has 0 bridgehead atoms. The van der Waals surface area contributed by atoms with Crippen LogP contribution in [0.4, 0.5) is 0 Å². The van der Waals surface area contributed by atoms with Crippen molar-refractivity contribution in [3.8, 4) is 5.75 Å². The highest BCUT2D eigenvalue weighted by molar-refractivity contribution is 7.07. The van der Waals surface area contributed by atoms with E-state index in [1.165, 1.54) is 11.3 Å². The Labute approximate surface area is 250 Å². The number of imidazole rings is 1. The van der Waals surface area contributed by atoms with Gasteiger partial charge in [0.1, 0.15) is 5.75 Å². The molecule has 0 spiro atoms. The van der Waals surface area contributed by atoms with Gasteiger partial charge >= 0.3 is 11.7 Å². The lowest BCUT2D eigenvalue weighted by molar-refractivity contribution is -0.138. The average molecular weight is 595 g/mol. The Morgan fingerprint density at radius 1 is 0.930 bits per heavy atom. The van der Waals surface area contributed by atoms with Crippen molar-refractivity contribution in [3.05, 3.63) is 125 Å². The maximum atomic E-state index is 14.2. The van der Waals surface area contributed by atoms with Crippen molar-refractivity contribution in [2.75, 3.05) is 13.2 Å². The maximum Gasteiger partial charge on any atom is 0.338 e. The van der Waals surface area contributed by atoms with E-state index in [1.54, 1.807) is 40.8 Å². The second-order valence-electron chi connectivity index (χ2n) is 10.1. The number of fused-ring (bicyclic) bond motifs is 2. The molecule has 1 atom stereocenters. The maximum absolute atomic E-state index is 14.2. The minimum absolute atomic E-state index is 0.123. The third-order valence-electron chi connectivity index (χ3n) is 7.47. The monoisotopic (exact) mass is 594 g/mol. The van der Waals surface area contributed by atoms with Crippen molar-refractivity contribution >= 4 is 40.1 Å². The predicted octanol–water partition coefficient (Wildman–Crippen LogP) is 3.52. The number of hydrogen-bond donors (Lipinski definition) is 0. The van der Waals surface area contributed by atoms with E-state index in [-0.39, 0.29) is 23.4 Å². The van der Waals surface area contributed by atoms with Gasteiger partial charge in [0.2, 0.25) is 0 Å². The molecule has 3 heterocycles. The van der Waals surface area contributed by atoms with Gasteiger partial charge in [0.05, 0.1) is 46.1 Å². The van der Waals surface area contributed by atoms with Gasteiger partial charge in [-0.3, -0.25) is 18.5 Å². The Hall–Kier alpha value is -4.96. The zero-order valence-corrected chi connectivity index (χ0v) is 25.1. The number of aromatic nitrogens is 3. The summed E-state index contributed by atoms with van der Waals surface area (Å²) in [4.78, 5) is 45.6. The minimum atomic E-state index is -0.777. The van der Waals surface area contributed by atoms with E-state index in [0.29, 0.717) is 27.4 Å². The number of esters is 1. The van der Waals surface area contributed by atoms with Crippen LogP contribution in [0.5, 0.6) is 5.75 Å². The normalized spacial score (nSPS) is 15.0. The van der Waals surface area contributed by atoms with Crippen LogP contribution < -0.4 is 25.3 Å². The third kappa shape index (κ3) is 4.93. The fourth-order valence-corrected chi connectivity index (χ4v) is 6.43. The fraction of sp³-hybridized carbons (Fsp3) is 0.212. The number of carbonyl (C=O) groups is 1. The quantitative estimate of drug-likeness (QED) is 0.269. The van der Waals surface area contributed by atoms with Gasteiger partial charge in [-0.15, -0.1) is 0 Å². The van der Waals surface area contributed by atoms with E-state index < -0.39 is 12.0 Å². The first-order valence-electron chi connectivity index (χ1n) is 14.0. The van der Waals surface area contributed by atoms with Crippen molar-refractivity contribution in [1.29, 1.82) is 0 Å². The third-order valence-corrected chi connectivity index (χ3v) is 8.46. The van der Waals surface area contributed by atoms with Gasteiger partial charge < -0.3 is 9.47 Å². The van der Waals surface area contributed by atoms with Crippen LogP contribution in [-0.2, 0) is 23.6 Å². The van der Waals surface area contributed by atoms with Gasteiger partial charge in [0.15, 0.2) is 4.80 Å². The number of rotatable bonds is 7. The fourth-order valence-electron chi connectivity index (χ4n) is 5.43. The molecule has 0 fully saturated rings. The SMILES string of the molecule is CCOC(=O)C1=C(c2ccccc2)N=c2s/c(=C/c3ccc4c(c3)n(C)c(=O)n4C)c(=O)n2[C@@H]1c1ccc(OCC)cc1. The molecule has 0 aliphatic carbocycles. The molecule has 6 rings (SSSR count). The van der Waals surface area contributed by atoms with Gasteiger partial charge in [-0.25, -0.2) is 14.6 Å². The number of thiazole rings is 1. The van der Waals surface area contributed by atoms with Crippen molar-refractivity contribution in [3.63, 3.8) is 0 Å². The van der Waals surface area contributed by atoms with Crippen molar-refractivity contribution in [1.82, 2.24) is 13.7 Å². The summed E-state index contributed by atoms with van der Waals surface area (Å²) in [6.07, 6.45) is 1.80. The highest BCUT2D eigenvalue weighted by Gasteiger charge is 2.35. The summed E-state index contributed by atoms with van der Waals surface area (Å²) < 4.78 is 16.4. The Morgan fingerprint density at radius 3 is 2.35 bits per heavy atom. The lowest BCUT2D eigenvalue weighted by Crippen LogP contribution is -2.40. The van der Waals surface area contributed by atoms with Crippen molar-refractivity contribution < 1.29 is 14.3 Å². The first-order valence-corrected chi connectivity index (χ1v) is 14.8. The summed E-state index contributed by atoms with van der Waals surface area (Å²) in [6, 6.07) is 21.7. The molecule has 0 unspecified atom stereocenters. The van der Waals surface area contributed by atoms with Crippen molar-refractivity contribution in [2.45, 2.75) is 19.9 Å². The largest absolute Gasteiger partial charge is 0.494 e. The van der Waals surface area contributed by atoms with Crippen LogP contribution in [0.15, 0.2) is 93.0 Å². The molecule has 0 radical (unpaired) electrons. The van der Waals surface area contributed by atoms with Crippen LogP contribution in [0.25, 0.3) is 22.8 Å². The molecule has 0 saturated carbocycles. The molecular weight excluding hydrogens is 564 g/mol. The first-order chi connectivity index (χ1) is 20.8. The molecule has 0 amide bonds. The summed E-state index contributed by atoms with van der Waals surface area (Å²) in [5.74, 6) is 0.156. The Balaban J connectivity index is 1.61. The Kier molecular flexibility index (Phi) is 7.45. The minimum Gasteiger partial charge on any atom is -0.494 e. The van der Waals surface area contributed by atoms with Crippen LogP contribution in [0.2, 0.25) is 0 Å². The predicted molar refractivity (Wildman–Crippen MR) is 167 cm³/mol. The second-order valence-corrected chi connectivity index (χ2v) is 11.1. The van der Waals surface area contributed by atoms with Crippen LogP contribution in [-0.4, -0.2) is 32.9 Å². The van der Waals surface area contributed by atoms with Gasteiger partial charge in [-0.2, -0.15) is 0 Å². The highest BCUT2D eigenvalue weighted by Crippen LogP contribution is 2.35. The lowest BCUT2D eigenvalue weighted by atomic mass is 9.93. The van der Waals surface area contributed by atoms with Gasteiger partial charge in [0, 0.05) is 19.7 Å². The zero-order chi connectivity index (χ0) is 30.2. The molecule has 0 saturated heterocycles. The van der Waals surface area contributed by atoms with Crippen molar-refractivity contribution in [2.24, 2.45) is 19.1 Å². The Morgan fingerprint density at radius 2 is 1.65 bits per heavy atom. The van der Waals surface area contributed by atoms with E-state index >= 15 is 0 Å². The molecule has 10 heteroatoms. The molecule has 43 heavy (non-hydrogen) atoms. The summed E-state index contributed by atoms with van der Waals surface area (Å²) in [5.41, 5.74) is 4.15. The molecule has 0 N–H and O–H groups in total. The Bertz CT molecular complexity index is 2130. The molecule has 1 aliphatic rings. The second kappa shape index (κ2) is 11.4. The topological polar surface area (TPSA) is 96.8 Å². The molecular formula is C33H30N4O5S. The lowest BCUT2D eigenvalue weighted by Gasteiger charge is -2.26. The number of benzene rings is 3. The van der Waals surface area contributed by atoms with Crippen LogP contribution >= 0.6 is 11.3 Å². The van der Waals surface area contributed by atoms with Crippen LogP contribution in [0.1, 0.15) is 36.6 Å². The average Bonchev–Trinajstić information content (AvgIpc) is 3.44. The van der Waals surface area contributed by atoms with Crippen LogP contribution in [0.3, 0.4) is 0 Å². The van der Waals surface area contributed by atoms with E-state index in [1.807, 2.05) is 79.7 Å². The molecule has 9 nitrogen and oxygen atoms in total. The van der Waals surface area contributed by atoms with E-state index in [0.717, 1.165) is 27.7 Å². The zero-order valence-electron chi connectivity index (χ0n) is 24.2. The smallest absolute Gasteiger partial charge is 0.338 e. The van der Waals surface area contributed by atoms with E-state index in [4.69, 9.17) is 14.5 Å². The highest BCUT2D eigenvalue weighted by atomic mass is 32.1. The number of aryl methyl sites for hydroxylation is 2. The summed E-state index contributed by atoms with van der Waals surface area (Å²) in [7, 11) is 3.45. The number of nitrogens with zero attached hydrogens (tertiary/aromatic N) is 4. The van der Waals surface area contributed by atoms with Gasteiger partial charge in [-0.05, 0) is 55.3 Å². The van der Waals surface area contributed by atoms with Gasteiger partial charge in [-0.1, -0.05) is 59.9 Å². The van der Waals surface area contributed by atoms with Crippen LogP contribution in [0, 0.1) is 0 Å². The molecule has 218 valence electrons. The molecule has 5 aromatic rings. The number of ether oxygens (including phenoxy) is 2. The summed E-state index contributed by atoms with van der Waals surface area (Å²) >= 11 is 1.25. The van der Waals surface area contributed by atoms with E-state index in [9.17, 15) is 14.4 Å². The molecule has 2 aromatic heterocycles. The van der Waals surface area contributed by atoms with E-state index in [2.05, 4.69) is 0 Å². The number of carbonyl (C=O) groups excluding carboxylic acids is 1. The summed E-state index contributed by atoms with van der Waals surface area (Å²) in [5, 5.41) is 0. The summed E-state index contributed by atoms with van der Waals surface area (Å²) in [6.45, 7) is 4.36. The number of hydrogen-bond acceptors (Lipinski definition) is 7. The standard InChI is InChI=1S/C33H30N4O5S/c1-5-41-23-15-13-22(14-16-23)29-27(31(39)42-6-2)28(21-10-8-7-9-11-21)34-32-37(29)30(38)26(43-32)19-20-12-17-24-25(18-20)36(4)33(40)35(24)3/h7-19,29H,5-6H2,1-4H3/b26-19+/t29-/m1/s1. The molecule has 3 aromatic carbocycles.